The minimum absolute atomic E-state index is 0.120. The minimum Gasteiger partial charge on any atom is -0.343 e. The van der Waals surface area contributed by atoms with Crippen molar-refractivity contribution in [2.45, 2.75) is 32.1 Å². The van der Waals surface area contributed by atoms with Gasteiger partial charge >= 0.3 is 0 Å². The summed E-state index contributed by atoms with van der Waals surface area (Å²) in [5.74, 6) is 0.186. The number of piperidine rings is 1. The van der Waals surface area contributed by atoms with Crippen molar-refractivity contribution in [3.05, 3.63) is 59.4 Å². The number of carbonyl (C=O) groups excluding carboxylic acids is 1. The molecule has 2 aromatic rings. The molecule has 0 unspecified atom stereocenters. The van der Waals surface area contributed by atoms with Gasteiger partial charge in [-0.3, -0.25) is 14.8 Å². The molecule has 0 aliphatic carbocycles. The molecule has 2 heterocycles. The van der Waals surface area contributed by atoms with Crippen LogP contribution in [0.3, 0.4) is 0 Å². The van der Waals surface area contributed by atoms with Crippen LogP contribution in [0.15, 0.2) is 36.7 Å². The lowest BCUT2D eigenvalue weighted by molar-refractivity contribution is -0.129. The van der Waals surface area contributed by atoms with Gasteiger partial charge in [-0.15, -0.1) is 0 Å². The van der Waals surface area contributed by atoms with Crippen molar-refractivity contribution >= 4 is 5.91 Å². The van der Waals surface area contributed by atoms with Crippen LogP contribution in [0.4, 0.5) is 4.39 Å². The first-order valence-electron chi connectivity index (χ1n) is 7.94. The number of nitrogens with zero attached hydrogens (tertiary/aromatic N) is 3. The third-order valence-corrected chi connectivity index (χ3v) is 4.45. The largest absolute Gasteiger partial charge is 0.343 e. The standard InChI is InChI=1S/C18H20FN3O/c1-13(23)22-10-6-14(7-11-22)18-17(20-8-9-21-18)12-15-4-2-3-5-16(15)19/h2-5,8-9,14H,6-7,10-12H2,1H3. The van der Waals surface area contributed by atoms with E-state index in [4.69, 9.17) is 0 Å². The Morgan fingerprint density at radius 2 is 1.91 bits per heavy atom. The van der Waals surface area contributed by atoms with Crippen LogP contribution in [-0.2, 0) is 11.2 Å². The van der Waals surface area contributed by atoms with E-state index in [9.17, 15) is 9.18 Å². The second-order valence-electron chi connectivity index (χ2n) is 5.94. The Hall–Kier alpha value is -2.30. The molecule has 1 aliphatic heterocycles. The van der Waals surface area contributed by atoms with Crippen LogP contribution in [-0.4, -0.2) is 33.9 Å². The van der Waals surface area contributed by atoms with E-state index in [1.807, 2.05) is 11.0 Å². The summed E-state index contributed by atoms with van der Waals surface area (Å²) >= 11 is 0. The molecule has 0 N–H and O–H groups in total. The van der Waals surface area contributed by atoms with Crippen molar-refractivity contribution < 1.29 is 9.18 Å². The molecule has 0 radical (unpaired) electrons. The van der Waals surface area contributed by atoms with Crippen LogP contribution in [0.5, 0.6) is 0 Å². The molecule has 23 heavy (non-hydrogen) atoms. The molecule has 3 rings (SSSR count). The molecule has 0 spiro atoms. The highest BCUT2D eigenvalue weighted by atomic mass is 19.1. The Kier molecular flexibility index (Phi) is 4.65. The normalized spacial score (nSPS) is 15.7. The topological polar surface area (TPSA) is 46.1 Å². The second kappa shape index (κ2) is 6.86. The number of rotatable bonds is 3. The van der Waals surface area contributed by atoms with Crippen molar-refractivity contribution in [1.29, 1.82) is 0 Å². The summed E-state index contributed by atoms with van der Waals surface area (Å²) in [6.45, 7) is 3.09. The zero-order valence-electron chi connectivity index (χ0n) is 13.2. The molecule has 1 aromatic carbocycles. The first-order valence-corrected chi connectivity index (χ1v) is 7.94. The lowest BCUT2D eigenvalue weighted by Gasteiger charge is -2.31. The van der Waals surface area contributed by atoms with Crippen LogP contribution >= 0.6 is 0 Å². The highest BCUT2D eigenvalue weighted by Crippen LogP contribution is 2.29. The minimum atomic E-state index is -0.212. The Morgan fingerprint density at radius 3 is 2.61 bits per heavy atom. The lowest BCUT2D eigenvalue weighted by atomic mass is 9.90. The van der Waals surface area contributed by atoms with Gasteiger partial charge in [-0.2, -0.15) is 0 Å². The van der Waals surface area contributed by atoms with Crippen LogP contribution in [0, 0.1) is 5.82 Å². The average molecular weight is 313 g/mol. The van der Waals surface area contributed by atoms with Crippen molar-refractivity contribution in [3.8, 4) is 0 Å². The fourth-order valence-electron chi connectivity index (χ4n) is 3.14. The molecular weight excluding hydrogens is 293 g/mol. The van der Waals surface area contributed by atoms with E-state index in [0.717, 1.165) is 37.3 Å². The Morgan fingerprint density at radius 1 is 1.22 bits per heavy atom. The zero-order chi connectivity index (χ0) is 16.2. The van der Waals surface area contributed by atoms with Gasteiger partial charge in [0.2, 0.25) is 5.91 Å². The van der Waals surface area contributed by atoms with E-state index in [2.05, 4.69) is 9.97 Å². The predicted molar refractivity (Wildman–Crippen MR) is 85.5 cm³/mol. The van der Waals surface area contributed by atoms with Crippen molar-refractivity contribution in [2.75, 3.05) is 13.1 Å². The Balaban J connectivity index is 1.79. The van der Waals surface area contributed by atoms with Gasteiger partial charge in [-0.05, 0) is 24.5 Å². The first kappa shape index (κ1) is 15.6. The molecule has 1 aliphatic rings. The fraction of sp³-hybridized carbons (Fsp3) is 0.389. The number of amides is 1. The van der Waals surface area contributed by atoms with E-state index < -0.39 is 0 Å². The van der Waals surface area contributed by atoms with Gasteiger partial charge in [0.15, 0.2) is 0 Å². The van der Waals surface area contributed by atoms with Gasteiger partial charge < -0.3 is 4.90 Å². The van der Waals surface area contributed by atoms with Crippen molar-refractivity contribution in [2.24, 2.45) is 0 Å². The smallest absolute Gasteiger partial charge is 0.219 e. The summed E-state index contributed by atoms with van der Waals surface area (Å²) in [6, 6.07) is 6.77. The quantitative estimate of drug-likeness (QED) is 0.875. The molecule has 1 amide bonds. The number of aromatic nitrogens is 2. The number of halogens is 1. The molecule has 0 bridgehead atoms. The third-order valence-electron chi connectivity index (χ3n) is 4.45. The fourth-order valence-corrected chi connectivity index (χ4v) is 3.14. The zero-order valence-corrected chi connectivity index (χ0v) is 13.2. The first-order chi connectivity index (χ1) is 11.1. The molecular formula is C18H20FN3O. The maximum absolute atomic E-state index is 13.9. The van der Waals surface area contributed by atoms with E-state index >= 15 is 0 Å². The molecule has 1 aromatic heterocycles. The van der Waals surface area contributed by atoms with E-state index in [0.29, 0.717) is 12.0 Å². The molecule has 0 saturated carbocycles. The van der Waals surface area contributed by atoms with Gasteiger partial charge in [0.25, 0.3) is 0 Å². The van der Waals surface area contributed by atoms with Gasteiger partial charge in [0.05, 0.1) is 11.4 Å². The Bertz CT molecular complexity index is 696. The van der Waals surface area contributed by atoms with Crippen molar-refractivity contribution in [1.82, 2.24) is 14.9 Å². The van der Waals surface area contributed by atoms with Crippen LogP contribution in [0.25, 0.3) is 0 Å². The molecule has 1 saturated heterocycles. The van der Waals surface area contributed by atoms with Crippen LogP contribution in [0.2, 0.25) is 0 Å². The van der Waals surface area contributed by atoms with Gasteiger partial charge in [-0.1, -0.05) is 18.2 Å². The number of carbonyl (C=O) groups is 1. The SMILES string of the molecule is CC(=O)N1CCC(c2nccnc2Cc2ccccc2F)CC1. The second-order valence-corrected chi connectivity index (χ2v) is 5.94. The maximum atomic E-state index is 13.9. The van der Waals surface area contributed by atoms with Gasteiger partial charge in [0.1, 0.15) is 5.82 Å². The lowest BCUT2D eigenvalue weighted by Crippen LogP contribution is -2.36. The summed E-state index contributed by atoms with van der Waals surface area (Å²) in [5, 5.41) is 0. The van der Waals surface area contributed by atoms with Crippen LogP contribution < -0.4 is 0 Å². The number of hydrogen-bond donors (Lipinski definition) is 0. The summed E-state index contributed by atoms with van der Waals surface area (Å²) in [6.07, 6.45) is 5.55. The van der Waals surface area contributed by atoms with Gasteiger partial charge in [0, 0.05) is 44.7 Å². The van der Waals surface area contributed by atoms with Crippen LogP contribution in [0.1, 0.15) is 42.6 Å². The predicted octanol–water partition coefficient (Wildman–Crippen LogP) is 2.93. The number of hydrogen-bond acceptors (Lipinski definition) is 3. The van der Waals surface area contributed by atoms with Crippen molar-refractivity contribution in [3.63, 3.8) is 0 Å². The van der Waals surface area contributed by atoms with E-state index in [1.54, 1.807) is 31.5 Å². The molecule has 1 fully saturated rings. The summed E-state index contributed by atoms with van der Waals surface area (Å²) in [7, 11) is 0. The molecule has 4 nitrogen and oxygen atoms in total. The summed E-state index contributed by atoms with van der Waals surface area (Å²) in [4.78, 5) is 22.3. The van der Waals surface area contributed by atoms with E-state index in [-0.39, 0.29) is 17.6 Å². The number of likely N-dealkylation sites (tertiary alicyclic amines) is 1. The third kappa shape index (κ3) is 3.55. The van der Waals surface area contributed by atoms with E-state index in [1.165, 1.54) is 6.07 Å². The monoisotopic (exact) mass is 313 g/mol. The summed E-state index contributed by atoms with van der Waals surface area (Å²) < 4.78 is 13.9. The highest BCUT2D eigenvalue weighted by molar-refractivity contribution is 5.73. The maximum Gasteiger partial charge on any atom is 0.219 e. The highest BCUT2D eigenvalue weighted by Gasteiger charge is 2.25. The Labute approximate surface area is 135 Å². The average Bonchev–Trinajstić information content (AvgIpc) is 2.57. The molecule has 120 valence electrons. The van der Waals surface area contributed by atoms with Gasteiger partial charge in [-0.25, -0.2) is 4.39 Å². The molecule has 0 atom stereocenters. The molecule has 5 heteroatoms. The summed E-state index contributed by atoms with van der Waals surface area (Å²) in [5.41, 5.74) is 2.41. The number of benzene rings is 1.